The Morgan fingerprint density at radius 2 is 0.750 bits per heavy atom. The quantitative estimate of drug-likeness (QED) is 0.172. The number of para-hydroxylation sites is 3. The van der Waals surface area contributed by atoms with Crippen molar-refractivity contribution in [3.05, 3.63) is 194 Å². The van der Waals surface area contributed by atoms with E-state index in [0.717, 1.165) is 33.5 Å². The minimum Gasteiger partial charge on any atom is -0.309 e. The molecule has 0 unspecified atom stereocenters. The van der Waals surface area contributed by atoms with Crippen molar-refractivity contribution >= 4 is 43.6 Å². The topological polar surface area (TPSA) is 61.4 Å². The first-order valence-corrected chi connectivity index (χ1v) is 18.7. The van der Waals surface area contributed by atoms with Gasteiger partial charge in [-0.15, -0.1) is 0 Å². The maximum atomic E-state index is 4.96. The van der Waals surface area contributed by atoms with Crippen LogP contribution in [0.5, 0.6) is 0 Å². The van der Waals surface area contributed by atoms with Gasteiger partial charge >= 0.3 is 0 Å². The molecule has 0 fully saturated rings. The highest BCUT2D eigenvalue weighted by Crippen LogP contribution is 2.38. The zero-order chi connectivity index (χ0) is 37.0. The third-order valence-corrected chi connectivity index (χ3v) is 10.6. The molecule has 262 valence electrons. The number of pyridine rings is 1. The molecule has 4 heterocycles. The Balaban J connectivity index is 1.01. The van der Waals surface area contributed by atoms with Crippen molar-refractivity contribution in [1.82, 2.24) is 29.1 Å². The fraction of sp³-hybridized carbons (Fsp3) is 0. The van der Waals surface area contributed by atoms with E-state index < -0.39 is 0 Å². The fourth-order valence-corrected chi connectivity index (χ4v) is 8.01. The minimum atomic E-state index is 0.528. The number of aromatic nitrogens is 6. The molecule has 0 saturated heterocycles. The van der Waals surface area contributed by atoms with Gasteiger partial charge in [0.15, 0.2) is 17.5 Å². The lowest BCUT2D eigenvalue weighted by Crippen LogP contribution is -2.02. The van der Waals surface area contributed by atoms with E-state index in [9.17, 15) is 0 Å². The standard InChI is InChI=1S/C50H32N6/c1-4-14-33(15-5-1)48-52-49(34-16-6-2-7-17-34)54-50(53-48)43-27-26-38(32-51-43)56-45-23-13-11-21-40(45)42-31-36(25-29-47(42)56)35-24-28-46-41(30-35)39-20-10-12-22-44(39)55(46)37-18-8-3-9-19-37/h1-32H. The lowest BCUT2D eigenvalue weighted by atomic mass is 10.0. The second kappa shape index (κ2) is 13.0. The van der Waals surface area contributed by atoms with Crippen molar-refractivity contribution in [3.8, 4) is 56.8 Å². The molecule has 6 heteroatoms. The van der Waals surface area contributed by atoms with Gasteiger partial charge in [-0.05, 0) is 71.8 Å². The second-order valence-electron chi connectivity index (χ2n) is 13.9. The van der Waals surface area contributed by atoms with E-state index in [1.807, 2.05) is 72.9 Å². The second-order valence-corrected chi connectivity index (χ2v) is 13.9. The van der Waals surface area contributed by atoms with Gasteiger partial charge in [-0.25, -0.2) is 15.0 Å². The summed E-state index contributed by atoms with van der Waals surface area (Å²) in [5.74, 6) is 1.75. The number of benzene rings is 7. The first-order chi connectivity index (χ1) is 27.8. The molecule has 0 N–H and O–H groups in total. The number of hydrogen-bond donors (Lipinski definition) is 0. The van der Waals surface area contributed by atoms with Crippen molar-refractivity contribution in [1.29, 1.82) is 0 Å². The van der Waals surface area contributed by atoms with Crippen LogP contribution in [0.2, 0.25) is 0 Å². The number of rotatable bonds is 6. The lowest BCUT2D eigenvalue weighted by molar-refractivity contribution is 1.05. The minimum absolute atomic E-state index is 0.528. The highest BCUT2D eigenvalue weighted by Gasteiger charge is 2.18. The summed E-state index contributed by atoms with van der Waals surface area (Å²) in [7, 11) is 0. The third kappa shape index (κ3) is 5.27. The Labute approximate surface area is 322 Å². The van der Waals surface area contributed by atoms with E-state index in [1.54, 1.807) is 0 Å². The maximum Gasteiger partial charge on any atom is 0.182 e. The van der Waals surface area contributed by atoms with E-state index in [2.05, 4.69) is 130 Å². The summed E-state index contributed by atoms with van der Waals surface area (Å²) >= 11 is 0. The Hall–Kier alpha value is -7.70. The molecule has 0 aliphatic heterocycles. The molecule has 7 aromatic carbocycles. The van der Waals surface area contributed by atoms with Crippen LogP contribution in [0, 0.1) is 0 Å². The van der Waals surface area contributed by atoms with E-state index >= 15 is 0 Å². The zero-order valence-corrected chi connectivity index (χ0v) is 30.2. The predicted molar refractivity (Wildman–Crippen MR) is 228 cm³/mol. The van der Waals surface area contributed by atoms with E-state index in [4.69, 9.17) is 19.9 Å². The number of fused-ring (bicyclic) bond motifs is 6. The van der Waals surface area contributed by atoms with Crippen molar-refractivity contribution in [2.24, 2.45) is 0 Å². The van der Waals surface area contributed by atoms with Gasteiger partial charge in [0.2, 0.25) is 0 Å². The van der Waals surface area contributed by atoms with Gasteiger partial charge in [-0.3, -0.25) is 4.98 Å². The summed E-state index contributed by atoms with van der Waals surface area (Å²) in [6.07, 6.45) is 1.92. The Bertz CT molecular complexity index is 3160. The van der Waals surface area contributed by atoms with Crippen molar-refractivity contribution in [2.45, 2.75) is 0 Å². The molecule has 0 radical (unpaired) electrons. The van der Waals surface area contributed by atoms with Crippen LogP contribution < -0.4 is 0 Å². The van der Waals surface area contributed by atoms with Crippen LogP contribution in [0.15, 0.2) is 194 Å². The molecule has 0 aliphatic carbocycles. The highest BCUT2D eigenvalue weighted by molar-refractivity contribution is 6.12. The van der Waals surface area contributed by atoms with E-state index in [1.165, 1.54) is 43.7 Å². The zero-order valence-electron chi connectivity index (χ0n) is 30.2. The number of nitrogens with zero attached hydrogens (tertiary/aromatic N) is 6. The van der Waals surface area contributed by atoms with Crippen LogP contribution >= 0.6 is 0 Å². The van der Waals surface area contributed by atoms with Crippen molar-refractivity contribution in [2.75, 3.05) is 0 Å². The van der Waals surface area contributed by atoms with Crippen LogP contribution in [0.25, 0.3) is 100 Å². The molecule has 4 aromatic heterocycles. The monoisotopic (exact) mass is 716 g/mol. The van der Waals surface area contributed by atoms with Gasteiger partial charge in [0.05, 0.1) is 34.0 Å². The largest absolute Gasteiger partial charge is 0.309 e. The molecule has 11 aromatic rings. The molecule has 0 aliphatic rings. The lowest BCUT2D eigenvalue weighted by Gasteiger charge is -2.10. The average molecular weight is 717 g/mol. The first kappa shape index (κ1) is 31.8. The SMILES string of the molecule is c1ccc(-c2nc(-c3ccccc3)nc(-c3ccc(-n4c5ccccc5c5cc(-c6ccc7c(c6)c6ccccc6n7-c6ccccc6)ccc54)cn3)n2)cc1. The molecule has 0 bridgehead atoms. The summed E-state index contributed by atoms with van der Waals surface area (Å²) in [5.41, 5.74) is 11.6. The predicted octanol–water partition coefficient (Wildman–Crippen LogP) is 12.1. The van der Waals surface area contributed by atoms with Crippen molar-refractivity contribution in [3.63, 3.8) is 0 Å². The molecule has 11 rings (SSSR count). The van der Waals surface area contributed by atoms with E-state index in [0.29, 0.717) is 23.2 Å². The molecule has 0 atom stereocenters. The van der Waals surface area contributed by atoms with Crippen LogP contribution in [0.4, 0.5) is 0 Å². The molecule has 0 amide bonds. The van der Waals surface area contributed by atoms with Crippen LogP contribution in [0.1, 0.15) is 0 Å². The van der Waals surface area contributed by atoms with Crippen molar-refractivity contribution < 1.29 is 0 Å². The van der Waals surface area contributed by atoms with Crippen LogP contribution in [-0.4, -0.2) is 29.1 Å². The Morgan fingerprint density at radius 1 is 0.304 bits per heavy atom. The Morgan fingerprint density at radius 3 is 1.27 bits per heavy atom. The van der Waals surface area contributed by atoms with Gasteiger partial charge in [0.25, 0.3) is 0 Å². The molecule has 6 nitrogen and oxygen atoms in total. The summed E-state index contributed by atoms with van der Waals surface area (Å²) in [5, 5.41) is 4.85. The molecular formula is C50H32N6. The summed E-state index contributed by atoms with van der Waals surface area (Å²) in [4.78, 5) is 19.6. The number of hydrogen-bond acceptors (Lipinski definition) is 4. The molecule has 0 spiro atoms. The van der Waals surface area contributed by atoms with Gasteiger partial charge < -0.3 is 9.13 Å². The fourth-order valence-electron chi connectivity index (χ4n) is 8.01. The molecule has 56 heavy (non-hydrogen) atoms. The normalized spacial score (nSPS) is 11.6. The summed E-state index contributed by atoms with van der Waals surface area (Å²) < 4.78 is 4.65. The maximum absolute atomic E-state index is 4.96. The van der Waals surface area contributed by atoms with Crippen LogP contribution in [-0.2, 0) is 0 Å². The van der Waals surface area contributed by atoms with E-state index in [-0.39, 0.29) is 0 Å². The summed E-state index contributed by atoms with van der Waals surface area (Å²) in [6.45, 7) is 0. The molecular weight excluding hydrogens is 685 g/mol. The smallest absolute Gasteiger partial charge is 0.182 e. The average Bonchev–Trinajstić information content (AvgIpc) is 3.79. The highest BCUT2D eigenvalue weighted by atomic mass is 15.1. The third-order valence-electron chi connectivity index (χ3n) is 10.6. The summed E-state index contributed by atoms with van der Waals surface area (Å²) in [6, 6.07) is 65.6. The van der Waals surface area contributed by atoms with Crippen LogP contribution in [0.3, 0.4) is 0 Å². The van der Waals surface area contributed by atoms with Gasteiger partial charge in [-0.1, -0.05) is 127 Å². The van der Waals surface area contributed by atoms with Gasteiger partial charge in [0, 0.05) is 38.4 Å². The Kier molecular flexibility index (Phi) is 7.38. The van der Waals surface area contributed by atoms with Gasteiger partial charge in [-0.2, -0.15) is 0 Å². The first-order valence-electron chi connectivity index (χ1n) is 18.7. The van der Waals surface area contributed by atoms with Gasteiger partial charge in [0.1, 0.15) is 5.69 Å². The molecule has 0 saturated carbocycles.